The van der Waals surface area contributed by atoms with E-state index >= 15 is 0 Å². The Morgan fingerprint density at radius 1 is 1.43 bits per heavy atom. The molecule has 0 radical (unpaired) electrons. The van der Waals surface area contributed by atoms with Gasteiger partial charge in [0.25, 0.3) is 5.71 Å². The van der Waals surface area contributed by atoms with Crippen molar-refractivity contribution in [2.24, 2.45) is 0 Å². The highest BCUT2D eigenvalue weighted by atomic mass is 16.5. The van der Waals surface area contributed by atoms with Gasteiger partial charge in [0.1, 0.15) is 5.54 Å². The quantitative estimate of drug-likeness (QED) is 0.374. The van der Waals surface area contributed by atoms with E-state index in [1.54, 1.807) is 27.7 Å². The molecule has 1 rings (SSSR count). The molecule has 0 aromatic rings. The SMILES string of the molecule is COC(=O)C1=[N+]([O-])C(C)(C)NC1(C)C. The van der Waals surface area contributed by atoms with Crippen LogP contribution < -0.4 is 5.32 Å². The minimum absolute atomic E-state index is 0.116. The third-order valence-corrected chi connectivity index (χ3v) is 2.30. The second kappa shape index (κ2) is 2.95. The number of ether oxygens (including phenoxy) is 1. The molecule has 0 saturated heterocycles. The van der Waals surface area contributed by atoms with E-state index in [1.807, 2.05) is 0 Å². The minimum Gasteiger partial charge on any atom is -0.622 e. The first-order valence-corrected chi connectivity index (χ1v) is 4.45. The number of hydrogen-bond acceptors (Lipinski definition) is 4. The van der Waals surface area contributed by atoms with Crippen LogP contribution in [0.3, 0.4) is 0 Å². The fraction of sp³-hybridized carbons (Fsp3) is 0.778. The summed E-state index contributed by atoms with van der Waals surface area (Å²) in [6.07, 6.45) is 0. The normalized spacial score (nSPS) is 23.8. The lowest BCUT2D eigenvalue weighted by atomic mass is 9.99. The molecule has 80 valence electrons. The van der Waals surface area contributed by atoms with Crippen molar-refractivity contribution in [1.82, 2.24) is 5.32 Å². The van der Waals surface area contributed by atoms with Gasteiger partial charge in [-0.15, -0.1) is 0 Å². The van der Waals surface area contributed by atoms with Gasteiger partial charge in [-0.3, -0.25) is 0 Å². The number of esters is 1. The molecule has 14 heavy (non-hydrogen) atoms. The zero-order valence-corrected chi connectivity index (χ0v) is 9.17. The highest BCUT2D eigenvalue weighted by molar-refractivity contribution is 6.38. The van der Waals surface area contributed by atoms with Crippen LogP contribution in [0.5, 0.6) is 0 Å². The highest BCUT2D eigenvalue weighted by Gasteiger charge is 2.52. The van der Waals surface area contributed by atoms with Gasteiger partial charge in [-0.1, -0.05) is 0 Å². The fourth-order valence-electron chi connectivity index (χ4n) is 1.84. The maximum absolute atomic E-state index is 11.8. The maximum Gasteiger partial charge on any atom is 0.401 e. The Labute approximate surface area is 83.3 Å². The fourth-order valence-corrected chi connectivity index (χ4v) is 1.84. The molecule has 1 heterocycles. The zero-order valence-electron chi connectivity index (χ0n) is 9.17. The number of carbonyl (C=O) groups is 1. The van der Waals surface area contributed by atoms with E-state index in [9.17, 15) is 10.0 Å². The summed E-state index contributed by atoms with van der Waals surface area (Å²) >= 11 is 0. The molecule has 0 aliphatic carbocycles. The first kappa shape index (κ1) is 11.0. The van der Waals surface area contributed by atoms with Gasteiger partial charge in [-0.05, 0) is 13.8 Å². The minimum atomic E-state index is -0.771. The van der Waals surface area contributed by atoms with Crippen LogP contribution in [0.2, 0.25) is 0 Å². The van der Waals surface area contributed by atoms with Crippen molar-refractivity contribution in [3.63, 3.8) is 0 Å². The molecule has 0 saturated carbocycles. The van der Waals surface area contributed by atoms with E-state index in [1.165, 1.54) is 7.11 Å². The molecule has 0 atom stereocenters. The number of nitrogens with zero attached hydrogens (tertiary/aromatic N) is 1. The summed E-state index contributed by atoms with van der Waals surface area (Å²) in [7, 11) is 1.27. The topological polar surface area (TPSA) is 64.4 Å². The predicted molar refractivity (Wildman–Crippen MR) is 51.9 cm³/mol. The van der Waals surface area contributed by atoms with E-state index in [0.717, 1.165) is 0 Å². The van der Waals surface area contributed by atoms with Crippen LogP contribution in [0.25, 0.3) is 0 Å². The molecular formula is C9H16N2O3. The van der Waals surface area contributed by atoms with Gasteiger partial charge in [-0.25, -0.2) is 10.1 Å². The molecule has 0 aromatic carbocycles. The van der Waals surface area contributed by atoms with Crippen LogP contribution in [-0.4, -0.2) is 34.7 Å². The molecular weight excluding hydrogens is 184 g/mol. The molecule has 5 heteroatoms. The van der Waals surface area contributed by atoms with Gasteiger partial charge in [-0.2, -0.15) is 4.74 Å². The third kappa shape index (κ3) is 1.48. The van der Waals surface area contributed by atoms with Crippen molar-refractivity contribution >= 4 is 11.7 Å². The van der Waals surface area contributed by atoms with Gasteiger partial charge in [0.2, 0.25) is 5.66 Å². The Balaban J connectivity index is 3.22. The number of rotatable bonds is 1. The Morgan fingerprint density at radius 3 is 2.21 bits per heavy atom. The number of methoxy groups -OCH3 is 1. The largest absolute Gasteiger partial charge is 0.622 e. The van der Waals surface area contributed by atoms with E-state index in [2.05, 4.69) is 10.1 Å². The Kier molecular flexibility index (Phi) is 2.31. The third-order valence-electron chi connectivity index (χ3n) is 2.30. The Bertz CT molecular complexity index is 305. The average molecular weight is 200 g/mol. The molecule has 1 aliphatic rings. The Hall–Kier alpha value is -1.10. The van der Waals surface area contributed by atoms with Crippen LogP contribution in [0.1, 0.15) is 27.7 Å². The molecule has 0 amide bonds. The van der Waals surface area contributed by atoms with Gasteiger partial charge in [0, 0.05) is 13.8 Å². The van der Waals surface area contributed by atoms with Crippen molar-refractivity contribution in [2.75, 3.05) is 7.11 Å². The second-order valence-electron chi connectivity index (χ2n) is 4.44. The van der Waals surface area contributed by atoms with Crippen molar-refractivity contribution in [2.45, 2.75) is 38.9 Å². The number of nitrogens with one attached hydrogen (secondary N) is 1. The predicted octanol–water partition coefficient (Wildman–Crippen LogP) is 0.229. The number of hydroxylamine groups is 1. The summed E-state index contributed by atoms with van der Waals surface area (Å²) in [6.45, 7) is 6.99. The number of carbonyl (C=O) groups excluding carboxylic acids is 1. The van der Waals surface area contributed by atoms with Crippen LogP contribution in [0.4, 0.5) is 0 Å². The standard InChI is InChI=1S/C9H16N2O3/c1-8(2)6(7(12)14-5)11(13)9(3,4)10-8/h10H,1-5H3. The molecule has 0 unspecified atom stereocenters. The van der Waals surface area contributed by atoms with Crippen molar-refractivity contribution in [3.05, 3.63) is 5.21 Å². The summed E-state index contributed by atoms with van der Waals surface area (Å²) < 4.78 is 5.26. The number of hydrogen-bond donors (Lipinski definition) is 1. The lowest BCUT2D eigenvalue weighted by Gasteiger charge is -2.20. The molecule has 0 bridgehead atoms. The molecule has 5 nitrogen and oxygen atoms in total. The summed E-state index contributed by atoms with van der Waals surface area (Å²) in [5, 5.41) is 14.8. The lowest BCUT2D eigenvalue weighted by Crippen LogP contribution is -2.50. The lowest BCUT2D eigenvalue weighted by molar-refractivity contribution is -0.536. The van der Waals surface area contributed by atoms with Crippen molar-refractivity contribution in [3.8, 4) is 0 Å². The van der Waals surface area contributed by atoms with Gasteiger partial charge < -0.3 is 9.94 Å². The summed E-state index contributed by atoms with van der Waals surface area (Å²) in [5.41, 5.74) is -1.31. The van der Waals surface area contributed by atoms with Gasteiger partial charge >= 0.3 is 5.97 Å². The Morgan fingerprint density at radius 2 is 1.93 bits per heavy atom. The molecule has 0 fully saturated rings. The van der Waals surface area contributed by atoms with Crippen LogP contribution >= 0.6 is 0 Å². The van der Waals surface area contributed by atoms with Crippen LogP contribution in [0, 0.1) is 5.21 Å². The zero-order chi connectivity index (χ0) is 11.1. The smallest absolute Gasteiger partial charge is 0.401 e. The van der Waals surface area contributed by atoms with Crippen molar-refractivity contribution < 1.29 is 14.3 Å². The van der Waals surface area contributed by atoms with Gasteiger partial charge in [0.15, 0.2) is 0 Å². The van der Waals surface area contributed by atoms with E-state index in [-0.39, 0.29) is 5.71 Å². The summed E-state index contributed by atoms with van der Waals surface area (Å²) in [5.74, 6) is -0.580. The summed E-state index contributed by atoms with van der Waals surface area (Å²) in [6, 6.07) is 0. The van der Waals surface area contributed by atoms with E-state index in [4.69, 9.17) is 0 Å². The first-order chi connectivity index (χ1) is 6.22. The van der Waals surface area contributed by atoms with E-state index < -0.39 is 17.2 Å². The summed E-state index contributed by atoms with van der Waals surface area (Å²) in [4.78, 5) is 11.4. The second-order valence-corrected chi connectivity index (χ2v) is 4.44. The van der Waals surface area contributed by atoms with Crippen LogP contribution in [0.15, 0.2) is 0 Å². The molecule has 0 aromatic heterocycles. The monoisotopic (exact) mass is 200 g/mol. The van der Waals surface area contributed by atoms with E-state index in [0.29, 0.717) is 4.74 Å². The first-order valence-electron chi connectivity index (χ1n) is 4.45. The van der Waals surface area contributed by atoms with Crippen molar-refractivity contribution in [1.29, 1.82) is 0 Å². The average Bonchev–Trinajstić information content (AvgIpc) is 2.16. The van der Waals surface area contributed by atoms with Gasteiger partial charge in [0.05, 0.1) is 7.11 Å². The molecule has 1 aliphatic heterocycles. The highest BCUT2D eigenvalue weighted by Crippen LogP contribution is 2.22. The van der Waals surface area contributed by atoms with Crippen LogP contribution in [-0.2, 0) is 9.53 Å². The maximum atomic E-state index is 11.8. The molecule has 0 spiro atoms. The molecule has 1 N–H and O–H groups in total.